The Labute approximate surface area is 411 Å². The maximum Gasteiger partial charge on any atom is 0.305 e. The topological polar surface area (TPSA) is 95.9 Å². The smallest absolute Gasteiger partial charge is 0.305 e. The lowest BCUT2D eigenvalue weighted by molar-refractivity contribution is -0.143. The minimum Gasteiger partial charge on any atom is -0.466 e. The van der Waals surface area contributed by atoms with E-state index < -0.39 is 12.1 Å². The number of ether oxygens (including phenoxy) is 1. The van der Waals surface area contributed by atoms with Gasteiger partial charge in [0.05, 0.1) is 25.4 Å². The first kappa shape index (κ1) is 64.3. The van der Waals surface area contributed by atoms with Gasteiger partial charge in [0.2, 0.25) is 5.91 Å². The van der Waals surface area contributed by atoms with Crippen molar-refractivity contribution in [3.63, 3.8) is 0 Å². The van der Waals surface area contributed by atoms with Crippen molar-refractivity contribution in [2.45, 2.75) is 334 Å². The number of carbonyl (C=O) groups is 2. The summed E-state index contributed by atoms with van der Waals surface area (Å²) >= 11 is 0. The van der Waals surface area contributed by atoms with Gasteiger partial charge in [-0.05, 0) is 57.8 Å². The average molecular weight is 931 g/mol. The third-order valence-electron chi connectivity index (χ3n) is 13.7. The van der Waals surface area contributed by atoms with Gasteiger partial charge in [-0.2, -0.15) is 0 Å². The van der Waals surface area contributed by atoms with E-state index in [2.05, 4.69) is 31.3 Å². The number of allylic oxidation sites excluding steroid dienone is 3. The Hall–Kier alpha value is -1.66. The van der Waals surface area contributed by atoms with Crippen LogP contribution in [0.15, 0.2) is 24.3 Å². The number of esters is 1. The Morgan fingerprint density at radius 1 is 0.409 bits per heavy atom. The molecule has 66 heavy (non-hydrogen) atoms. The number of amides is 1. The average Bonchev–Trinajstić information content (AvgIpc) is 3.32. The number of aliphatic hydroxyl groups excluding tert-OH is 2. The Morgan fingerprint density at radius 2 is 0.712 bits per heavy atom. The van der Waals surface area contributed by atoms with Crippen molar-refractivity contribution in [1.82, 2.24) is 5.32 Å². The summed E-state index contributed by atoms with van der Waals surface area (Å²) < 4.78 is 5.47. The van der Waals surface area contributed by atoms with E-state index in [0.29, 0.717) is 19.4 Å². The first-order chi connectivity index (χ1) is 32.5. The second-order valence-corrected chi connectivity index (χ2v) is 20.3. The molecule has 0 aliphatic carbocycles. The van der Waals surface area contributed by atoms with E-state index in [9.17, 15) is 19.8 Å². The van der Waals surface area contributed by atoms with Crippen LogP contribution in [0.4, 0.5) is 0 Å². The minimum absolute atomic E-state index is 0.00126. The fraction of sp³-hybridized carbons (Fsp3) is 0.900. The first-order valence-electron chi connectivity index (χ1n) is 29.6. The van der Waals surface area contributed by atoms with Crippen molar-refractivity contribution >= 4 is 11.9 Å². The van der Waals surface area contributed by atoms with E-state index in [-0.39, 0.29) is 18.5 Å². The molecule has 0 bridgehead atoms. The molecule has 3 N–H and O–H groups in total. The number of nitrogens with one attached hydrogen (secondary N) is 1. The van der Waals surface area contributed by atoms with Crippen LogP contribution in [0.1, 0.15) is 322 Å². The molecule has 6 nitrogen and oxygen atoms in total. The predicted octanol–water partition coefficient (Wildman–Crippen LogP) is 18.2. The quantitative estimate of drug-likeness (QED) is 0.0321. The highest BCUT2D eigenvalue weighted by atomic mass is 16.5. The number of rotatable bonds is 55. The van der Waals surface area contributed by atoms with Gasteiger partial charge in [-0.1, -0.05) is 276 Å². The Morgan fingerprint density at radius 3 is 1.08 bits per heavy atom. The Balaban J connectivity index is 3.49. The second-order valence-electron chi connectivity index (χ2n) is 20.3. The lowest BCUT2D eigenvalue weighted by Crippen LogP contribution is -2.45. The summed E-state index contributed by atoms with van der Waals surface area (Å²) in [5, 5.41) is 23.1. The van der Waals surface area contributed by atoms with Crippen LogP contribution in [0.5, 0.6) is 0 Å². The van der Waals surface area contributed by atoms with Crippen LogP contribution < -0.4 is 5.32 Å². The van der Waals surface area contributed by atoms with E-state index in [1.54, 1.807) is 6.08 Å². The number of hydrogen-bond donors (Lipinski definition) is 3. The van der Waals surface area contributed by atoms with Crippen LogP contribution in [0.25, 0.3) is 0 Å². The molecule has 0 saturated carbocycles. The molecule has 0 saturated heterocycles. The van der Waals surface area contributed by atoms with Gasteiger partial charge in [-0.15, -0.1) is 0 Å². The monoisotopic (exact) mass is 930 g/mol. The predicted molar refractivity (Wildman–Crippen MR) is 287 cm³/mol. The van der Waals surface area contributed by atoms with Gasteiger partial charge < -0.3 is 20.3 Å². The van der Waals surface area contributed by atoms with E-state index in [1.165, 1.54) is 231 Å². The lowest BCUT2D eigenvalue weighted by Gasteiger charge is -2.20. The fourth-order valence-electron chi connectivity index (χ4n) is 9.16. The van der Waals surface area contributed by atoms with Gasteiger partial charge in [0, 0.05) is 12.8 Å². The van der Waals surface area contributed by atoms with Crippen LogP contribution in [-0.4, -0.2) is 47.4 Å². The summed E-state index contributed by atoms with van der Waals surface area (Å²) in [6, 6.07) is -0.640. The third-order valence-corrected chi connectivity index (χ3v) is 13.7. The van der Waals surface area contributed by atoms with Crippen LogP contribution in [0, 0.1) is 0 Å². The molecule has 0 aliphatic heterocycles. The zero-order valence-corrected chi connectivity index (χ0v) is 44.4. The minimum atomic E-state index is -0.855. The summed E-state index contributed by atoms with van der Waals surface area (Å²) in [6.45, 7) is 4.90. The van der Waals surface area contributed by atoms with Crippen LogP contribution >= 0.6 is 0 Å². The molecule has 0 aromatic rings. The summed E-state index contributed by atoms with van der Waals surface area (Å²) in [4.78, 5) is 24.5. The van der Waals surface area contributed by atoms with Gasteiger partial charge in [0.1, 0.15) is 0 Å². The summed E-state index contributed by atoms with van der Waals surface area (Å²) in [7, 11) is 0. The molecule has 0 heterocycles. The molecule has 6 heteroatoms. The van der Waals surface area contributed by atoms with Crippen molar-refractivity contribution in [1.29, 1.82) is 0 Å². The highest BCUT2D eigenvalue weighted by molar-refractivity contribution is 5.76. The zero-order chi connectivity index (χ0) is 47.9. The zero-order valence-electron chi connectivity index (χ0n) is 44.4. The summed E-state index contributed by atoms with van der Waals surface area (Å²) in [5.41, 5.74) is 0. The number of hydrogen-bond acceptors (Lipinski definition) is 5. The molecule has 0 spiro atoms. The van der Waals surface area contributed by atoms with Crippen molar-refractivity contribution in [2.75, 3.05) is 13.2 Å². The molecule has 0 radical (unpaired) electrons. The molecule has 0 rings (SSSR count). The maximum absolute atomic E-state index is 12.5. The summed E-state index contributed by atoms with van der Waals surface area (Å²) in [6.07, 6.45) is 67.7. The van der Waals surface area contributed by atoms with Crippen molar-refractivity contribution < 1.29 is 24.5 Å². The van der Waals surface area contributed by atoms with Crippen LogP contribution in [0.3, 0.4) is 0 Å². The highest BCUT2D eigenvalue weighted by Gasteiger charge is 2.18. The summed E-state index contributed by atoms with van der Waals surface area (Å²) in [5.74, 6) is -0.0839. The molecule has 0 aromatic carbocycles. The third kappa shape index (κ3) is 51.7. The molecular weight excluding hydrogens is 815 g/mol. The molecule has 0 fully saturated rings. The molecule has 1 amide bonds. The molecule has 2 unspecified atom stereocenters. The Kier molecular flexibility index (Phi) is 54.5. The first-order valence-corrected chi connectivity index (χ1v) is 29.6. The number of aliphatic hydroxyl groups is 2. The molecular formula is C60H115NO5. The molecule has 2 atom stereocenters. The molecule has 0 aliphatic rings. The van der Waals surface area contributed by atoms with E-state index in [0.717, 1.165) is 64.2 Å². The van der Waals surface area contributed by atoms with Crippen LogP contribution in [-0.2, 0) is 14.3 Å². The highest BCUT2D eigenvalue weighted by Crippen LogP contribution is 2.17. The fourth-order valence-corrected chi connectivity index (χ4v) is 9.16. The van der Waals surface area contributed by atoms with Crippen molar-refractivity contribution in [3.8, 4) is 0 Å². The number of unbranched alkanes of at least 4 members (excludes halogenated alkanes) is 42. The van der Waals surface area contributed by atoms with Crippen LogP contribution in [0.2, 0.25) is 0 Å². The van der Waals surface area contributed by atoms with Crippen molar-refractivity contribution in [3.05, 3.63) is 24.3 Å². The van der Waals surface area contributed by atoms with Gasteiger partial charge in [0.15, 0.2) is 0 Å². The van der Waals surface area contributed by atoms with Gasteiger partial charge in [-0.25, -0.2) is 0 Å². The molecule has 390 valence electrons. The molecule has 0 aromatic heterocycles. The van der Waals surface area contributed by atoms with E-state index in [4.69, 9.17) is 4.74 Å². The maximum atomic E-state index is 12.5. The number of carbonyl (C=O) groups excluding carboxylic acids is 2. The van der Waals surface area contributed by atoms with Gasteiger partial charge >= 0.3 is 5.97 Å². The van der Waals surface area contributed by atoms with Crippen molar-refractivity contribution in [2.24, 2.45) is 0 Å². The SMILES string of the molecule is CCCCCCCCCCCCCCCCCCC/C=C/C(O)C(CO)NC(=O)CCCCCCC/C=C\CCCCCCCCCOC(=O)CCCCCCCCCCCCCCCC. The largest absolute Gasteiger partial charge is 0.466 e. The van der Waals surface area contributed by atoms with Gasteiger partial charge in [-0.3, -0.25) is 9.59 Å². The Bertz CT molecular complexity index is 1030. The van der Waals surface area contributed by atoms with E-state index >= 15 is 0 Å². The lowest BCUT2D eigenvalue weighted by atomic mass is 10.0. The van der Waals surface area contributed by atoms with Gasteiger partial charge in [0.25, 0.3) is 0 Å². The standard InChI is InChI=1S/C60H115NO5/c1-3-5-7-9-11-13-15-17-19-20-21-22-25-28-32-36-40-44-48-52-58(63)57(56-62)61-59(64)53-49-45-41-37-33-29-26-23-24-27-31-35-39-43-47-51-55-66-60(65)54-50-46-42-38-34-30-18-16-14-12-10-8-6-4-2/h23,26,48,52,57-58,62-63H,3-22,24-25,27-47,49-51,53-56H2,1-2H3,(H,61,64)/b26-23-,52-48+. The van der Waals surface area contributed by atoms with E-state index in [1.807, 2.05) is 6.08 Å². The second kappa shape index (κ2) is 55.9. The normalized spacial score (nSPS) is 12.7.